The van der Waals surface area contributed by atoms with E-state index >= 15 is 0 Å². The fourth-order valence-electron chi connectivity index (χ4n) is 2.49. The van der Waals surface area contributed by atoms with Gasteiger partial charge in [0, 0.05) is 18.9 Å². The van der Waals surface area contributed by atoms with Crippen molar-refractivity contribution in [2.45, 2.75) is 18.4 Å². The number of anilines is 3. The van der Waals surface area contributed by atoms with Gasteiger partial charge in [-0.1, -0.05) is 41.6 Å². The molecule has 0 unspecified atom stereocenters. The number of halogens is 1. The van der Waals surface area contributed by atoms with Gasteiger partial charge in [0.25, 0.3) is 0 Å². The average molecular weight is 482 g/mol. The molecule has 0 atom stereocenters. The number of hydrogen-bond donors (Lipinski definition) is 3. The molecule has 0 fully saturated rings. The van der Waals surface area contributed by atoms with Crippen molar-refractivity contribution in [2.24, 2.45) is 0 Å². The van der Waals surface area contributed by atoms with Crippen LogP contribution in [-0.2, 0) is 21.1 Å². The van der Waals surface area contributed by atoms with Crippen molar-refractivity contribution in [1.29, 1.82) is 0 Å². The number of aromatic hydroxyl groups is 1. The van der Waals surface area contributed by atoms with Crippen LogP contribution in [0.15, 0.2) is 41.8 Å². The van der Waals surface area contributed by atoms with Crippen molar-refractivity contribution in [3.8, 4) is 5.88 Å². The quantitative estimate of drug-likeness (QED) is 0.306. The molecule has 3 N–H and O–H groups in total. The molecule has 0 radical (unpaired) electrons. The number of hydrogen-bond acceptors (Lipinski definition) is 10. The zero-order chi connectivity index (χ0) is 22.6. The molecule has 3 aromatic rings. The molecule has 0 aliphatic carbocycles. The van der Waals surface area contributed by atoms with Gasteiger partial charge in [0.15, 0.2) is 15.0 Å². The number of thiazole rings is 1. The molecule has 0 aliphatic heterocycles. The van der Waals surface area contributed by atoms with Gasteiger partial charge in [-0.3, -0.25) is 5.32 Å². The topological polar surface area (TPSA) is 126 Å². The highest BCUT2D eigenvalue weighted by Crippen LogP contribution is 2.34. The third kappa shape index (κ3) is 6.06. The fraction of sp³-hybridized carbons (Fsp3) is 0.211. The van der Waals surface area contributed by atoms with E-state index < -0.39 is 9.84 Å². The molecule has 3 rings (SSSR count). The van der Waals surface area contributed by atoms with Crippen LogP contribution in [0.5, 0.6) is 5.88 Å². The van der Waals surface area contributed by atoms with Crippen LogP contribution in [0.2, 0.25) is 5.15 Å². The number of rotatable bonds is 9. The highest BCUT2D eigenvalue weighted by atomic mass is 35.5. The summed E-state index contributed by atoms with van der Waals surface area (Å²) >= 11 is 7.24. The van der Waals surface area contributed by atoms with Crippen LogP contribution in [-0.4, -0.2) is 41.3 Å². The molecule has 0 saturated heterocycles. The molecule has 31 heavy (non-hydrogen) atoms. The second kappa shape index (κ2) is 9.50. The first kappa shape index (κ1) is 22.8. The first-order valence-corrected chi connectivity index (χ1v) is 12.1. The van der Waals surface area contributed by atoms with Gasteiger partial charge in [0.2, 0.25) is 11.8 Å². The van der Waals surface area contributed by atoms with Crippen molar-refractivity contribution in [3.05, 3.63) is 52.5 Å². The number of nitrogens with zero attached hydrogens (tertiary/aromatic N) is 3. The zero-order valence-electron chi connectivity index (χ0n) is 16.7. The Hall–Kier alpha value is -2.89. The summed E-state index contributed by atoms with van der Waals surface area (Å²) in [5.74, 6) is 0.754. The number of sulfone groups is 1. The summed E-state index contributed by atoms with van der Waals surface area (Å²) in [6.07, 6.45) is 1.16. The Morgan fingerprint density at radius 3 is 2.61 bits per heavy atom. The van der Waals surface area contributed by atoms with Crippen molar-refractivity contribution in [1.82, 2.24) is 15.0 Å². The maximum atomic E-state index is 11.6. The van der Waals surface area contributed by atoms with Crippen LogP contribution in [0.1, 0.15) is 17.4 Å². The Bertz CT molecular complexity index is 1200. The van der Waals surface area contributed by atoms with Gasteiger partial charge in [-0.25, -0.2) is 13.4 Å². The number of nitrogens with one attached hydrogen (secondary N) is 2. The summed E-state index contributed by atoms with van der Waals surface area (Å²) in [4.78, 5) is 13.1. The van der Waals surface area contributed by atoms with Gasteiger partial charge in [0.05, 0.1) is 11.5 Å². The third-order valence-electron chi connectivity index (χ3n) is 3.92. The summed E-state index contributed by atoms with van der Waals surface area (Å²) < 4.78 is 28.4. The molecule has 9 nitrogen and oxygen atoms in total. The molecule has 0 saturated carbocycles. The van der Waals surface area contributed by atoms with Gasteiger partial charge >= 0.3 is 0 Å². The van der Waals surface area contributed by atoms with Crippen LogP contribution < -0.4 is 10.6 Å². The maximum Gasteiger partial charge on any atom is 0.235 e. The lowest BCUT2D eigenvalue weighted by Crippen LogP contribution is -2.05. The van der Waals surface area contributed by atoms with E-state index in [2.05, 4.69) is 32.2 Å². The van der Waals surface area contributed by atoms with E-state index in [1.807, 2.05) is 6.92 Å². The molecule has 0 aliphatic rings. The molecule has 164 valence electrons. The van der Waals surface area contributed by atoms with Gasteiger partial charge in [-0.05, 0) is 24.6 Å². The van der Waals surface area contributed by atoms with Crippen molar-refractivity contribution in [3.63, 3.8) is 0 Å². The van der Waals surface area contributed by atoms with E-state index in [4.69, 9.17) is 16.3 Å². The Kier molecular flexibility index (Phi) is 6.98. The Balaban J connectivity index is 1.71. The van der Waals surface area contributed by atoms with E-state index in [-0.39, 0.29) is 21.9 Å². The molecule has 12 heteroatoms. The molecule has 2 aromatic heterocycles. The van der Waals surface area contributed by atoms with Gasteiger partial charge in [-0.2, -0.15) is 9.97 Å². The van der Waals surface area contributed by atoms with Crippen LogP contribution in [0.25, 0.3) is 5.76 Å². The molecule has 0 spiro atoms. The van der Waals surface area contributed by atoms with E-state index in [0.717, 1.165) is 23.2 Å². The molecule has 0 bridgehead atoms. The van der Waals surface area contributed by atoms with Crippen LogP contribution in [0.4, 0.5) is 16.9 Å². The number of benzene rings is 1. The van der Waals surface area contributed by atoms with Crippen molar-refractivity contribution >= 4 is 55.4 Å². The minimum absolute atomic E-state index is 0.185. The largest absolute Gasteiger partial charge is 0.493 e. The highest BCUT2D eigenvalue weighted by molar-refractivity contribution is 7.90. The predicted molar refractivity (Wildman–Crippen MR) is 122 cm³/mol. The van der Waals surface area contributed by atoms with Gasteiger partial charge < -0.3 is 15.2 Å². The molecule has 0 amide bonds. The second-order valence-electron chi connectivity index (χ2n) is 6.32. The SMILES string of the molecule is C=C(OCC)c1sc(Nc2nc(Cl)cc(NCc3ccc(S(C)(=O)=O)cc3)n2)nc1O. The summed E-state index contributed by atoms with van der Waals surface area (Å²) in [7, 11) is -3.24. The average Bonchev–Trinajstić information content (AvgIpc) is 3.06. The Morgan fingerprint density at radius 1 is 1.26 bits per heavy atom. The summed E-state index contributed by atoms with van der Waals surface area (Å²) in [6, 6.07) is 8.09. The minimum Gasteiger partial charge on any atom is -0.493 e. The van der Waals surface area contributed by atoms with Crippen LogP contribution in [0.3, 0.4) is 0 Å². The van der Waals surface area contributed by atoms with E-state index in [9.17, 15) is 13.5 Å². The molecular weight excluding hydrogens is 462 g/mol. The van der Waals surface area contributed by atoms with Gasteiger partial charge in [-0.15, -0.1) is 0 Å². The highest BCUT2D eigenvalue weighted by Gasteiger charge is 2.15. The lowest BCUT2D eigenvalue weighted by atomic mass is 10.2. The fourth-order valence-corrected chi connectivity index (χ4v) is 4.09. The first-order valence-electron chi connectivity index (χ1n) is 9.02. The zero-order valence-corrected chi connectivity index (χ0v) is 19.1. The second-order valence-corrected chi connectivity index (χ2v) is 9.72. The normalized spacial score (nSPS) is 11.2. The molecule has 2 heterocycles. The van der Waals surface area contributed by atoms with Crippen molar-refractivity contribution in [2.75, 3.05) is 23.5 Å². The third-order valence-corrected chi connectivity index (χ3v) is 6.24. The summed E-state index contributed by atoms with van der Waals surface area (Å²) in [5, 5.41) is 16.6. The number of aromatic nitrogens is 3. The lowest BCUT2D eigenvalue weighted by molar-refractivity contribution is 0.298. The van der Waals surface area contributed by atoms with E-state index in [0.29, 0.717) is 34.7 Å². The van der Waals surface area contributed by atoms with E-state index in [1.54, 1.807) is 30.3 Å². The first-order chi connectivity index (χ1) is 14.7. The smallest absolute Gasteiger partial charge is 0.235 e. The molecule has 1 aromatic carbocycles. The minimum atomic E-state index is -3.24. The molecular formula is C19H20ClN5O4S2. The summed E-state index contributed by atoms with van der Waals surface area (Å²) in [6.45, 7) is 6.39. The summed E-state index contributed by atoms with van der Waals surface area (Å²) in [5.41, 5.74) is 0.862. The maximum absolute atomic E-state index is 11.6. The van der Waals surface area contributed by atoms with Crippen LogP contribution >= 0.6 is 22.9 Å². The van der Waals surface area contributed by atoms with Crippen LogP contribution in [0, 0.1) is 0 Å². The van der Waals surface area contributed by atoms with Crippen molar-refractivity contribution < 1.29 is 18.3 Å². The monoisotopic (exact) mass is 481 g/mol. The Labute approximate surface area is 188 Å². The standard InChI is InChI=1S/C19H20ClN5O4S2/c1-4-29-11(2)16-17(26)24-19(30-16)25-18-22-14(20)9-15(23-18)21-10-12-5-7-13(8-6-12)31(3,27)28/h5-9,26H,2,4,10H2,1,3H3,(H2,21,22,23,24,25). The lowest BCUT2D eigenvalue weighted by Gasteiger charge is -2.09. The predicted octanol–water partition coefficient (Wildman–Crippen LogP) is 4.06. The Morgan fingerprint density at radius 2 is 1.97 bits per heavy atom. The number of ether oxygens (including phenoxy) is 1. The van der Waals surface area contributed by atoms with Gasteiger partial charge in [0.1, 0.15) is 21.6 Å². The van der Waals surface area contributed by atoms with E-state index in [1.165, 1.54) is 0 Å².